The highest BCUT2D eigenvalue weighted by atomic mass is 16.2. The van der Waals surface area contributed by atoms with Crippen LogP contribution in [0.2, 0.25) is 0 Å². The lowest BCUT2D eigenvalue weighted by Crippen LogP contribution is -2.42. The molecule has 0 unspecified atom stereocenters. The van der Waals surface area contributed by atoms with E-state index in [0.717, 1.165) is 17.8 Å². The van der Waals surface area contributed by atoms with E-state index in [1.807, 2.05) is 43.3 Å². The van der Waals surface area contributed by atoms with Crippen LogP contribution in [0.15, 0.2) is 24.3 Å². The van der Waals surface area contributed by atoms with Crippen LogP contribution in [0.1, 0.15) is 38.2 Å². The van der Waals surface area contributed by atoms with Crippen LogP contribution in [0.4, 0.5) is 5.69 Å². The summed E-state index contributed by atoms with van der Waals surface area (Å²) in [6.07, 6.45) is 1.24. The van der Waals surface area contributed by atoms with Gasteiger partial charge in [0.2, 0.25) is 11.8 Å². The summed E-state index contributed by atoms with van der Waals surface area (Å²) in [5, 5.41) is 5.84. The molecule has 1 saturated carbocycles. The van der Waals surface area contributed by atoms with Gasteiger partial charge in [0.1, 0.15) is 5.41 Å². The Morgan fingerprint density at radius 3 is 2.39 bits per heavy atom. The van der Waals surface area contributed by atoms with E-state index in [2.05, 4.69) is 24.5 Å². The maximum absolute atomic E-state index is 12.6. The van der Waals surface area contributed by atoms with Crippen molar-refractivity contribution >= 4 is 17.5 Å². The van der Waals surface area contributed by atoms with Gasteiger partial charge in [0.25, 0.3) is 0 Å². The summed E-state index contributed by atoms with van der Waals surface area (Å²) >= 11 is 0. The lowest BCUT2D eigenvalue weighted by Gasteiger charge is -2.19. The van der Waals surface area contributed by atoms with E-state index < -0.39 is 5.41 Å². The molecule has 0 aliphatic heterocycles. The van der Waals surface area contributed by atoms with Crippen molar-refractivity contribution in [3.05, 3.63) is 29.8 Å². The van der Waals surface area contributed by atoms with Gasteiger partial charge in [-0.15, -0.1) is 0 Å². The fraction of sp³-hybridized carbons (Fsp3) is 0.556. The Labute approximate surface area is 138 Å². The minimum absolute atomic E-state index is 0.154. The fourth-order valence-electron chi connectivity index (χ4n) is 2.60. The lowest BCUT2D eigenvalue weighted by atomic mass is 9.99. The predicted octanol–water partition coefficient (Wildman–Crippen LogP) is 2.21. The molecule has 1 aromatic rings. The van der Waals surface area contributed by atoms with Gasteiger partial charge in [-0.3, -0.25) is 9.59 Å². The third-order valence-electron chi connectivity index (χ3n) is 4.29. The Morgan fingerprint density at radius 1 is 1.17 bits per heavy atom. The number of nitrogens with one attached hydrogen (secondary N) is 2. The Hall–Kier alpha value is -1.88. The van der Waals surface area contributed by atoms with Crippen LogP contribution in [0.5, 0.6) is 0 Å². The second-order valence-electron chi connectivity index (χ2n) is 6.84. The van der Waals surface area contributed by atoms with Gasteiger partial charge < -0.3 is 15.5 Å². The number of nitrogens with zero attached hydrogens (tertiary/aromatic N) is 1. The highest BCUT2D eigenvalue weighted by Crippen LogP contribution is 2.47. The largest absolute Gasteiger partial charge is 0.354 e. The van der Waals surface area contributed by atoms with E-state index in [9.17, 15) is 9.59 Å². The van der Waals surface area contributed by atoms with E-state index in [4.69, 9.17) is 0 Å². The summed E-state index contributed by atoms with van der Waals surface area (Å²) in [6.45, 7) is 5.50. The second-order valence-corrected chi connectivity index (χ2v) is 6.84. The average Bonchev–Trinajstić information content (AvgIpc) is 3.28. The van der Waals surface area contributed by atoms with Crippen LogP contribution in [0, 0.1) is 5.41 Å². The number of para-hydroxylation sites is 1. The minimum atomic E-state index is -0.879. The molecule has 2 amide bonds. The molecule has 0 radical (unpaired) electrons. The molecule has 0 saturated heterocycles. The minimum Gasteiger partial charge on any atom is -0.354 e. The molecule has 5 nitrogen and oxygen atoms in total. The molecule has 23 heavy (non-hydrogen) atoms. The quantitative estimate of drug-likeness (QED) is 0.758. The summed E-state index contributed by atoms with van der Waals surface area (Å²) in [5.41, 5.74) is 1.01. The van der Waals surface area contributed by atoms with E-state index in [0.29, 0.717) is 25.3 Å². The average molecular weight is 317 g/mol. The van der Waals surface area contributed by atoms with Crippen molar-refractivity contribution in [2.75, 3.05) is 32.5 Å². The molecule has 2 N–H and O–H groups in total. The third-order valence-corrected chi connectivity index (χ3v) is 4.29. The van der Waals surface area contributed by atoms with Gasteiger partial charge >= 0.3 is 0 Å². The Kier molecular flexibility index (Phi) is 5.42. The molecule has 0 atom stereocenters. The van der Waals surface area contributed by atoms with Gasteiger partial charge in [-0.25, -0.2) is 0 Å². The van der Waals surface area contributed by atoms with Crippen molar-refractivity contribution in [1.82, 2.24) is 10.2 Å². The molecule has 1 aromatic carbocycles. The molecule has 0 spiro atoms. The summed E-state index contributed by atoms with van der Waals surface area (Å²) < 4.78 is 0. The predicted molar refractivity (Wildman–Crippen MR) is 92.4 cm³/mol. The molecule has 126 valence electrons. The zero-order chi connectivity index (χ0) is 17.0. The summed E-state index contributed by atoms with van der Waals surface area (Å²) in [4.78, 5) is 27.0. The number of carbonyl (C=O) groups is 2. The molecule has 0 heterocycles. The maximum atomic E-state index is 12.6. The van der Waals surface area contributed by atoms with Crippen LogP contribution >= 0.6 is 0 Å². The smallest absolute Gasteiger partial charge is 0.240 e. The van der Waals surface area contributed by atoms with Crippen molar-refractivity contribution in [1.29, 1.82) is 0 Å². The molecule has 2 rings (SSSR count). The SMILES string of the molecule is CC(C)c1ccccc1NC(=O)C1(C(=O)NCCN(C)C)CC1. The zero-order valence-electron chi connectivity index (χ0n) is 14.5. The zero-order valence-corrected chi connectivity index (χ0v) is 14.5. The van der Waals surface area contributed by atoms with Crippen molar-refractivity contribution in [2.24, 2.45) is 5.41 Å². The summed E-state index contributed by atoms with van der Waals surface area (Å²) in [5.74, 6) is -0.0256. The molecule has 1 aliphatic rings. The topological polar surface area (TPSA) is 61.4 Å². The number of hydrogen-bond donors (Lipinski definition) is 2. The van der Waals surface area contributed by atoms with Crippen LogP contribution in [-0.2, 0) is 9.59 Å². The number of amides is 2. The first-order chi connectivity index (χ1) is 10.9. The molecule has 1 aliphatic carbocycles. The number of benzene rings is 1. The molecular formula is C18H27N3O2. The summed E-state index contributed by atoms with van der Waals surface area (Å²) in [7, 11) is 3.91. The van der Waals surface area contributed by atoms with Crippen LogP contribution < -0.4 is 10.6 Å². The number of likely N-dealkylation sites (N-methyl/N-ethyl adjacent to an activating group) is 1. The maximum Gasteiger partial charge on any atom is 0.240 e. The number of carbonyl (C=O) groups excluding carboxylic acids is 2. The fourth-order valence-corrected chi connectivity index (χ4v) is 2.60. The van der Waals surface area contributed by atoms with Crippen molar-refractivity contribution in [3.8, 4) is 0 Å². The second kappa shape index (κ2) is 7.13. The van der Waals surface area contributed by atoms with E-state index in [-0.39, 0.29) is 11.8 Å². The third kappa shape index (κ3) is 4.10. The number of anilines is 1. The standard InChI is InChI=1S/C18H27N3O2/c1-13(2)14-7-5-6-8-15(14)20-17(23)18(9-10-18)16(22)19-11-12-21(3)4/h5-8,13H,9-12H2,1-4H3,(H,19,22)(H,20,23). The first-order valence-corrected chi connectivity index (χ1v) is 8.20. The molecule has 0 aromatic heterocycles. The van der Waals surface area contributed by atoms with Crippen molar-refractivity contribution in [3.63, 3.8) is 0 Å². The van der Waals surface area contributed by atoms with Crippen LogP contribution in [0.3, 0.4) is 0 Å². The highest BCUT2D eigenvalue weighted by Gasteiger charge is 2.56. The van der Waals surface area contributed by atoms with Crippen molar-refractivity contribution < 1.29 is 9.59 Å². The number of rotatable bonds is 7. The first-order valence-electron chi connectivity index (χ1n) is 8.20. The molecular weight excluding hydrogens is 290 g/mol. The Balaban J connectivity index is 2.01. The van der Waals surface area contributed by atoms with Crippen LogP contribution in [0.25, 0.3) is 0 Å². The highest BCUT2D eigenvalue weighted by molar-refractivity contribution is 6.13. The molecule has 0 bridgehead atoms. The molecule has 5 heteroatoms. The van der Waals surface area contributed by atoms with Gasteiger partial charge in [-0.2, -0.15) is 0 Å². The van der Waals surface area contributed by atoms with Gasteiger partial charge in [0.05, 0.1) is 0 Å². The van der Waals surface area contributed by atoms with E-state index in [1.165, 1.54) is 0 Å². The van der Waals surface area contributed by atoms with E-state index in [1.54, 1.807) is 0 Å². The lowest BCUT2D eigenvalue weighted by molar-refractivity contribution is -0.134. The van der Waals surface area contributed by atoms with Crippen molar-refractivity contribution in [2.45, 2.75) is 32.6 Å². The van der Waals surface area contributed by atoms with Gasteiger partial charge in [-0.05, 0) is 44.5 Å². The monoisotopic (exact) mass is 317 g/mol. The summed E-state index contributed by atoms with van der Waals surface area (Å²) in [6, 6.07) is 7.77. The Morgan fingerprint density at radius 2 is 1.83 bits per heavy atom. The normalized spacial score (nSPS) is 15.6. The first kappa shape index (κ1) is 17.5. The van der Waals surface area contributed by atoms with Gasteiger partial charge in [0.15, 0.2) is 0 Å². The van der Waals surface area contributed by atoms with E-state index >= 15 is 0 Å². The van der Waals surface area contributed by atoms with Crippen LogP contribution in [-0.4, -0.2) is 43.9 Å². The van der Waals surface area contributed by atoms with Gasteiger partial charge in [-0.1, -0.05) is 32.0 Å². The van der Waals surface area contributed by atoms with Gasteiger partial charge in [0, 0.05) is 18.8 Å². The Bertz CT molecular complexity index is 577. The number of hydrogen-bond acceptors (Lipinski definition) is 3. The molecule has 1 fully saturated rings.